The predicted molar refractivity (Wildman–Crippen MR) is 97.0 cm³/mol. The summed E-state index contributed by atoms with van der Waals surface area (Å²) in [6, 6.07) is 4.27. The van der Waals surface area contributed by atoms with Crippen molar-refractivity contribution in [2.24, 2.45) is 0 Å². The average molecular weight is 423 g/mol. The summed E-state index contributed by atoms with van der Waals surface area (Å²) < 4.78 is 13.7. The third-order valence-corrected chi connectivity index (χ3v) is 4.67. The van der Waals surface area contributed by atoms with Crippen LogP contribution < -0.4 is 10.6 Å². The lowest BCUT2D eigenvalue weighted by atomic mass is 10.1. The van der Waals surface area contributed by atoms with Crippen LogP contribution in [0.2, 0.25) is 0 Å². The van der Waals surface area contributed by atoms with Gasteiger partial charge >= 0.3 is 0 Å². The van der Waals surface area contributed by atoms with Crippen molar-refractivity contribution in [3.05, 3.63) is 34.1 Å². The van der Waals surface area contributed by atoms with E-state index in [-0.39, 0.29) is 36.8 Å². The molecule has 2 N–H and O–H groups in total. The van der Waals surface area contributed by atoms with Crippen molar-refractivity contribution < 1.29 is 14.0 Å². The van der Waals surface area contributed by atoms with Gasteiger partial charge in [-0.3, -0.25) is 9.59 Å². The molecule has 0 aliphatic carbocycles. The van der Waals surface area contributed by atoms with Crippen molar-refractivity contribution >= 4 is 40.2 Å². The van der Waals surface area contributed by atoms with E-state index in [1.165, 1.54) is 18.2 Å². The molecule has 2 rings (SSSR count). The number of amides is 2. The number of likely N-dealkylation sites (tertiary alicyclic amines) is 1. The molecule has 1 heterocycles. The Balaban J connectivity index is 0.00000288. The van der Waals surface area contributed by atoms with Crippen LogP contribution in [0.5, 0.6) is 0 Å². The maximum Gasteiger partial charge on any atom is 0.252 e. The first-order valence-electron chi connectivity index (χ1n) is 7.69. The Morgan fingerprint density at radius 1 is 1.42 bits per heavy atom. The fourth-order valence-electron chi connectivity index (χ4n) is 2.65. The maximum atomic E-state index is 13.2. The maximum absolute atomic E-state index is 13.2. The molecule has 0 radical (unpaired) electrons. The molecule has 134 valence electrons. The molecule has 0 aromatic heterocycles. The van der Waals surface area contributed by atoms with Crippen LogP contribution in [0.4, 0.5) is 4.39 Å². The summed E-state index contributed by atoms with van der Waals surface area (Å²) in [7, 11) is 1.90. The van der Waals surface area contributed by atoms with E-state index >= 15 is 0 Å². The molecule has 1 atom stereocenters. The summed E-state index contributed by atoms with van der Waals surface area (Å²) in [6.07, 6.45) is 2.31. The Hall–Kier alpha value is -1.18. The summed E-state index contributed by atoms with van der Waals surface area (Å²) in [6.45, 7) is 1.71. The van der Waals surface area contributed by atoms with Crippen molar-refractivity contribution in [1.82, 2.24) is 15.5 Å². The topological polar surface area (TPSA) is 61.4 Å². The van der Waals surface area contributed by atoms with Crippen LogP contribution in [0, 0.1) is 5.82 Å². The smallest absolute Gasteiger partial charge is 0.252 e. The van der Waals surface area contributed by atoms with Crippen LogP contribution in [-0.2, 0) is 4.79 Å². The Labute approximate surface area is 155 Å². The molecule has 0 saturated carbocycles. The van der Waals surface area contributed by atoms with Crippen LogP contribution in [0.3, 0.4) is 0 Å². The fraction of sp³-hybridized carbons (Fsp3) is 0.500. The highest BCUT2D eigenvalue weighted by molar-refractivity contribution is 9.10. The fourth-order valence-corrected chi connectivity index (χ4v) is 3.07. The Bertz CT molecular complexity index is 588. The molecule has 1 aliphatic rings. The second-order valence-corrected chi connectivity index (χ2v) is 6.45. The van der Waals surface area contributed by atoms with Gasteiger partial charge in [-0.1, -0.05) is 0 Å². The van der Waals surface area contributed by atoms with Gasteiger partial charge in [-0.05, 0) is 54.0 Å². The van der Waals surface area contributed by atoms with Crippen molar-refractivity contribution in [3.8, 4) is 0 Å². The Morgan fingerprint density at radius 2 is 2.17 bits per heavy atom. The summed E-state index contributed by atoms with van der Waals surface area (Å²) in [5, 5.41) is 5.86. The second kappa shape index (κ2) is 9.96. The summed E-state index contributed by atoms with van der Waals surface area (Å²) in [5.74, 6) is -0.833. The third-order valence-electron chi connectivity index (χ3n) is 3.98. The minimum Gasteiger partial charge on any atom is -0.351 e. The van der Waals surface area contributed by atoms with Crippen LogP contribution in [0.15, 0.2) is 22.7 Å². The molecule has 24 heavy (non-hydrogen) atoms. The van der Waals surface area contributed by atoms with Gasteiger partial charge in [0.05, 0.1) is 5.56 Å². The molecule has 1 unspecified atom stereocenters. The lowest BCUT2D eigenvalue weighted by molar-refractivity contribution is -0.132. The number of carbonyl (C=O) groups is 2. The zero-order chi connectivity index (χ0) is 16.8. The monoisotopic (exact) mass is 421 g/mol. The Morgan fingerprint density at radius 3 is 2.88 bits per heavy atom. The van der Waals surface area contributed by atoms with Crippen LogP contribution in [0.25, 0.3) is 0 Å². The molecule has 5 nitrogen and oxygen atoms in total. The minimum atomic E-state index is -0.471. The molecule has 8 heteroatoms. The Kier molecular flexibility index (Phi) is 8.66. The van der Waals surface area contributed by atoms with Gasteiger partial charge in [0.25, 0.3) is 5.91 Å². The van der Waals surface area contributed by atoms with Gasteiger partial charge in [0.1, 0.15) is 5.82 Å². The van der Waals surface area contributed by atoms with E-state index in [1.54, 1.807) is 0 Å². The highest BCUT2D eigenvalue weighted by atomic mass is 79.9. The van der Waals surface area contributed by atoms with Gasteiger partial charge in [-0.2, -0.15) is 0 Å². The first-order valence-corrected chi connectivity index (χ1v) is 8.49. The second-order valence-electron chi connectivity index (χ2n) is 5.60. The number of nitrogens with one attached hydrogen (secondary N) is 2. The molecular weight excluding hydrogens is 401 g/mol. The number of hydrogen-bond acceptors (Lipinski definition) is 3. The van der Waals surface area contributed by atoms with Crippen molar-refractivity contribution in [2.75, 3.05) is 26.7 Å². The van der Waals surface area contributed by atoms with Gasteiger partial charge in [0.15, 0.2) is 0 Å². The number of nitrogens with zero attached hydrogens (tertiary/aromatic N) is 1. The zero-order valence-electron chi connectivity index (χ0n) is 13.5. The summed E-state index contributed by atoms with van der Waals surface area (Å²) in [4.78, 5) is 26.0. The van der Waals surface area contributed by atoms with Gasteiger partial charge in [0.2, 0.25) is 5.91 Å². The molecule has 0 bridgehead atoms. The third kappa shape index (κ3) is 5.72. The number of carbonyl (C=O) groups excluding carboxylic acids is 2. The summed E-state index contributed by atoms with van der Waals surface area (Å²) >= 11 is 3.22. The minimum absolute atomic E-state index is 0. The number of halogens is 3. The van der Waals surface area contributed by atoms with Gasteiger partial charge in [0, 0.05) is 36.6 Å². The highest BCUT2D eigenvalue weighted by Crippen LogP contribution is 2.17. The number of benzene rings is 1. The van der Waals surface area contributed by atoms with Crippen molar-refractivity contribution in [3.63, 3.8) is 0 Å². The van der Waals surface area contributed by atoms with Crippen LogP contribution >= 0.6 is 28.3 Å². The van der Waals surface area contributed by atoms with E-state index in [9.17, 15) is 14.0 Å². The van der Waals surface area contributed by atoms with Gasteiger partial charge < -0.3 is 15.5 Å². The number of rotatable bonds is 5. The number of hydrogen-bond donors (Lipinski definition) is 2. The molecular formula is C16H22BrClFN3O2. The molecule has 2 amide bonds. The first kappa shape index (κ1) is 20.9. The molecule has 1 aromatic rings. The molecule has 1 aromatic carbocycles. The van der Waals surface area contributed by atoms with E-state index in [0.29, 0.717) is 17.1 Å². The van der Waals surface area contributed by atoms with E-state index in [1.807, 2.05) is 11.9 Å². The summed E-state index contributed by atoms with van der Waals surface area (Å²) in [5.41, 5.74) is 0.227. The first-order chi connectivity index (χ1) is 11.0. The van der Waals surface area contributed by atoms with Gasteiger partial charge in [-0.15, -0.1) is 12.4 Å². The molecule has 1 fully saturated rings. The molecule has 0 spiro atoms. The largest absolute Gasteiger partial charge is 0.351 e. The number of piperidine rings is 1. The molecule has 1 aliphatic heterocycles. The average Bonchev–Trinajstić information content (AvgIpc) is 2.56. The highest BCUT2D eigenvalue weighted by Gasteiger charge is 2.22. The zero-order valence-corrected chi connectivity index (χ0v) is 15.9. The quantitative estimate of drug-likeness (QED) is 0.766. The predicted octanol–water partition coefficient (Wildman–Crippen LogP) is 2.34. The lowest BCUT2D eigenvalue weighted by Gasteiger charge is -2.32. The lowest BCUT2D eigenvalue weighted by Crippen LogP contribution is -2.47. The molecule has 1 saturated heterocycles. The van der Waals surface area contributed by atoms with E-state index < -0.39 is 11.7 Å². The van der Waals surface area contributed by atoms with E-state index in [2.05, 4.69) is 26.6 Å². The van der Waals surface area contributed by atoms with Crippen molar-refractivity contribution in [1.29, 1.82) is 0 Å². The SMILES string of the molecule is CNC1CCCN(C(=O)CCNC(=O)c2cc(F)ccc2Br)C1.Cl. The van der Waals surface area contributed by atoms with Crippen LogP contribution in [0.1, 0.15) is 29.6 Å². The van der Waals surface area contributed by atoms with E-state index in [4.69, 9.17) is 0 Å². The van der Waals surface area contributed by atoms with Crippen LogP contribution in [-0.4, -0.2) is 49.4 Å². The normalized spacial score (nSPS) is 17.1. The number of likely N-dealkylation sites (N-methyl/N-ethyl adjacent to an activating group) is 1. The van der Waals surface area contributed by atoms with Gasteiger partial charge in [-0.25, -0.2) is 4.39 Å². The standard InChI is InChI=1S/C16H21BrFN3O2.ClH/c1-19-12-3-2-8-21(10-12)15(22)6-7-20-16(23)13-9-11(18)4-5-14(13)17;/h4-5,9,12,19H,2-3,6-8,10H2,1H3,(H,20,23);1H. The van der Waals surface area contributed by atoms with E-state index in [0.717, 1.165) is 19.4 Å². The van der Waals surface area contributed by atoms with Crippen molar-refractivity contribution in [2.45, 2.75) is 25.3 Å².